The van der Waals surface area contributed by atoms with Crippen LogP contribution in [0.1, 0.15) is 53.4 Å². The fourth-order valence-electron chi connectivity index (χ4n) is 6.01. The third-order valence-corrected chi connectivity index (χ3v) is 6.30. The summed E-state index contributed by atoms with van der Waals surface area (Å²) in [7, 11) is 0. The minimum Gasteiger partial charge on any atom is -0.459 e. The first-order valence-electron chi connectivity index (χ1n) is 7.68. The van der Waals surface area contributed by atoms with Crippen LogP contribution in [0.3, 0.4) is 0 Å². The summed E-state index contributed by atoms with van der Waals surface area (Å²) < 4.78 is 5.83. The van der Waals surface area contributed by atoms with Crippen LogP contribution in [-0.2, 0) is 9.53 Å². The number of rotatable bonds is 2. The summed E-state index contributed by atoms with van der Waals surface area (Å²) in [5.74, 6) is 4.81. The molecule has 102 valence electrons. The van der Waals surface area contributed by atoms with Crippen LogP contribution >= 0.6 is 0 Å². The maximum Gasteiger partial charge on any atom is 0.303 e. The minimum atomic E-state index is -0.115. The Kier molecular flexibility index (Phi) is 2.76. The van der Waals surface area contributed by atoms with Gasteiger partial charge in [0.2, 0.25) is 0 Å². The molecular formula is C16H26O2. The van der Waals surface area contributed by atoms with Gasteiger partial charge in [-0.1, -0.05) is 20.8 Å². The van der Waals surface area contributed by atoms with E-state index in [9.17, 15) is 4.79 Å². The van der Waals surface area contributed by atoms with Crippen molar-refractivity contribution >= 4 is 5.97 Å². The highest BCUT2D eigenvalue weighted by molar-refractivity contribution is 5.66. The van der Waals surface area contributed by atoms with E-state index in [0.717, 1.165) is 42.4 Å². The molecule has 2 heteroatoms. The molecule has 3 saturated carbocycles. The molecule has 0 aromatic rings. The van der Waals surface area contributed by atoms with Crippen molar-refractivity contribution < 1.29 is 9.53 Å². The topological polar surface area (TPSA) is 26.3 Å². The van der Waals surface area contributed by atoms with Gasteiger partial charge >= 0.3 is 5.97 Å². The molecule has 2 nitrogen and oxygen atoms in total. The van der Waals surface area contributed by atoms with Crippen LogP contribution in [0.5, 0.6) is 0 Å². The lowest BCUT2D eigenvalue weighted by Gasteiger charge is -2.43. The molecular weight excluding hydrogens is 224 g/mol. The quantitative estimate of drug-likeness (QED) is 0.699. The number of carbonyl (C=O) groups is 1. The largest absolute Gasteiger partial charge is 0.459 e. The zero-order valence-electron chi connectivity index (χ0n) is 12.1. The van der Waals surface area contributed by atoms with Crippen molar-refractivity contribution in [3.05, 3.63) is 0 Å². The summed E-state index contributed by atoms with van der Waals surface area (Å²) in [4.78, 5) is 11.5. The molecule has 0 aliphatic heterocycles. The van der Waals surface area contributed by atoms with Gasteiger partial charge in [0.1, 0.15) is 5.60 Å². The molecule has 0 aromatic carbocycles. The van der Waals surface area contributed by atoms with Gasteiger partial charge in [-0.2, -0.15) is 0 Å². The van der Waals surface area contributed by atoms with Crippen LogP contribution in [0.25, 0.3) is 0 Å². The molecule has 2 bridgehead atoms. The molecule has 7 atom stereocenters. The first-order valence-corrected chi connectivity index (χ1v) is 7.68. The van der Waals surface area contributed by atoms with Crippen LogP contribution in [0.15, 0.2) is 0 Å². The Morgan fingerprint density at radius 2 is 1.89 bits per heavy atom. The average Bonchev–Trinajstić information content (AvgIpc) is 2.90. The molecule has 0 heterocycles. The second-order valence-corrected chi connectivity index (χ2v) is 7.16. The van der Waals surface area contributed by atoms with Crippen molar-refractivity contribution in [3.8, 4) is 0 Å². The van der Waals surface area contributed by atoms with Crippen molar-refractivity contribution in [3.63, 3.8) is 0 Å². The molecule has 0 N–H and O–H groups in total. The molecule has 0 radical (unpaired) electrons. The smallest absolute Gasteiger partial charge is 0.303 e. The highest BCUT2D eigenvalue weighted by Crippen LogP contribution is 2.67. The van der Waals surface area contributed by atoms with E-state index >= 15 is 0 Å². The Hall–Kier alpha value is -0.530. The molecule has 0 saturated heterocycles. The molecule has 18 heavy (non-hydrogen) atoms. The third-order valence-electron chi connectivity index (χ3n) is 6.30. The van der Waals surface area contributed by atoms with Gasteiger partial charge in [0.25, 0.3) is 0 Å². The molecule has 0 spiro atoms. The van der Waals surface area contributed by atoms with Crippen LogP contribution in [-0.4, -0.2) is 11.6 Å². The second-order valence-electron chi connectivity index (χ2n) is 7.16. The Morgan fingerprint density at radius 3 is 2.50 bits per heavy atom. The van der Waals surface area contributed by atoms with E-state index in [1.54, 1.807) is 6.92 Å². The van der Waals surface area contributed by atoms with Gasteiger partial charge in [0, 0.05) is 12.8 Å². The summed E-state index contributed by atoms with van der Waals surface area (Å²) >= 11 is 0. The molecule has 3 fully saturated rings. The summed E-state index contributed by atoms with van der Waals surface area (Å²) in [6, 6.07) is 0. The van der Waals surface area contributed by atoms with Crippen molar-refractivity contribution in [2.75, 3.05) is 0 Å². The van der Waals surface area contributed by atoms with Gasteiger partial charge in [-0.15, -0.1) is 0 Å². The van der Waals surface area contributed by atoms with E-state index in [4.69, 9.17) is 4.74 Å². The summed E-state index contributed by atoms with van der Waals surface area (Å²) in [5.41, 5.74) is -0.115. The molecule has 7 unspecified atom stereocenters. The van der Waals surface area contributed by atoms with Gasteiger partial charge in [-0.3, -0.25) is 4.79 Å². The van der Waals surface area contributed by atoms with Gasteiger partial charge in [0.15, 0.2) is 0 Å². The number of carbonyl (C=O) groups excluding carboxylic acids is 1. The number of fused-ring (bicyclic) bond motifs is 5. The van der Waals surface area contributed by atoms with Gasteiger partial charge in [-0.05, 0) is 55.3 Å². The van der Waals surface area contributed by atoms with Crippen LogP contribution in [0.4, 0.5) is 0 Å². The number of hydrogen-bond acceptors (Lipinski definition) is 2. The second kappa shape index (κ2) is 3.98. The van der Waals surface area contributed by atoms with Gasteiger partial charge < -0.3 is 4.74 Å². The Morgan fingerprint density at radius 1 is 1.22 bits per heavy atom. The number of esters is 1. The normalized spacial score (nSPS) is 53.6. The van der Waals surface area contributed by atoms with E-state index in [0.29, 0.717) is 5.92 Å². The Labute approximate surface area is 110 Å². The molecule has 3 aliphatic rings. The Balaban J connectivity index is 1.89. The van der Waals surface area contributed by atoms with Crippen molar-refractivity contribution in [2.45, 2.75) is 59.0 Å². The molecule has 0 amide bonds. The monoisotopic (exact) mass is 250 g/mol. The predicted molar refractivity (Wildman–Crippen MR) is 70.9 cm³/mol. The first kappa shape index (κ1) is 12.5. The van der Waals surface area contributed by atoms with E-state index in [1.165, 1.54) is 12.8 Å². The van der Waals surface area contributed by atoms with Crippen LogP contribution < -0.4 is 0 Å². The lowest BCUT2D eigenvalue weighted by atomic mass is 9.68. The van der Waals surface area contributed by atoms with E-state index in [1.807, 2.05) is 0 Å². The van der Waals surface area contributed by atoms with Crippen molar-refractivity contribution in [1.82, 2.24) is 0 Å². The summed E-state index contributed by atoms with van der Waals surface area (Å²) in [5, 5.41) is 0. The third kappa shape index (κ3) is 1.50. The zero-order chi connectivity index (χ0) is 13.1. The predicted octanol–water partition coefficient (Wildman–Crippen LogP) is 3.65. The maximum atomic E-state index is 11.5. The van der Waals surface area contributed by atoms with Gasteiger partial charge in [0.05, 0.1) is 0 Å². The number of ether oxygens (including phenoxy) is 1. The van der Waals surface area contributed by atoms with Gasteiger partial charge in [-0.25, -0.2) is 0 Å². The van der Waals surface area contributed by atoms with Crippen LogP contribution in [0, 0.1) is 35.5 Å². The first-order chi connectivity index (χ1) is 8.48. The van der Waals surface area contributed by atoms with E-state index in [-0.39, 0.29) is 11.6 Å². The zero-order valence-corrected chi connectivity index (χ0v) is 12.1. The average molecular weight is 250 g/mol. The SMILES string of the molecule is CCC1(OC(C)=O)CC2CC1C1C(C)CC(C)C21. The van der Waals surface area contributed by atoms with E-state index in [2.05, 4.69) is 20.8 Å². The maximum absolute atomic E-state index is 11.5. The van der Waals surface area contributed by atoms with E-state index < -0.39 is 0 Å². The highest BCUT2D eigenvalue weighted by atomic mass is 16.6. The number of hydrogen-bond donors (Lipinski definition) is 0. The van der Waals surface area contributed by atoms with Crippen LogP contribution in [0.2, 0.25) is 0 Å². The fraction of sp³-hybridized carbons (Fsp3) is 0.938. The molecule has 0 aromatic heterocycles. The lowest BCUT2D eigenvalue weighted by molar-refractivity contribution is -0.168. The molecule has 3 rings (SSSR count). The molecule has 3 aliphatic carbocycles. The summed E-state index contributed by atoms with van der Waals surface area (Å²) in [6.07, 6.45) is 4.82. The Bertz CT molecular complexity index is 364. The van der Waals surface area contributed by atoms with Crippen molar-refractivity contribution in [2.24, 2.45) is 35.5 Å². The van der Waals surface area contributed by atoms with Crippen molar-refractivity contribution in [1.29, 1.82) is 0 Å². The lowest BCUT2D eigenvalue weighted by Crippen LogP contribution is -2.46. The fourth-order valence-corrected chi connectivity index (χ4v) is 6.01. The summed E-state index contributed by atoms with van der Waals surface area (Å²) in [6.45, 7) is 8.61. The minimum absolute atomic E-state index is 0.0837. The standard InChI is InChI=1S/C16H26O2/c1-5-16(18-11(4)17)8-12-7-13(16)15-10(3)6-9(2)14(12)15/h9-10,12-15H,5-8H2,1-4H3. The highest BCUT2D eigenvalue weighted by Gasteiger charge is 2.64.